The summed E-state index contributed by atoms with van der Waals surface area (Å²) in [6, 6.07) is 11.6. The van der Waals surface area contributed by atoms with Gasteiger partial charge in [-0.25, -0.2) is 0 Å². The molecule has 0 spiro atoms. The zero-order valence-corrected chi connectivity index (χ0v) is 12.5. The van der Waals surface area contributed by atoms with E-state index in [1.807, 2.05) is 6.07 Å². The van der Waals surface area contributed by atoms with Gasteiger partial charge in [-0.05, 0) is 52.3 Å². The Hall–Kier alpha value is -2.03. The molecule has 0 bridgehead atoms. The highest BCUT2D eigenvalue weighted by Gasteiger charge is 2.12. The SMILES string of the molecule is N#Cc1ccc(NC(=O)c2cc(Cl)ccc2Br)c(N)c1. The molecule has 4 nitrogen and oxygen atoms in total. The van der Waals surface area contributed by atoms with Crippen LogP contribution in [0.5, 0.6) is 0 Å². The van der Waals surface area contributed by atoms with Gasteiger partial charge in [-0.15, -0.1) is 0 Å². The average Bonchev–Trinajstić information content (AvgIpc) is 2.43. The van der Waals surface area contributed by atoms with E-state index in [0.29, 0.717) is 32.0 Å². The zero-order chi connectivity index (χ0) is 14.7. The van der Waals surface area contributed by atoms with Crippen molar-refractivity contribution < 1.29 is 4.79 Å². The molecule has 20 heavy (non-hydrogen) atoms. The second-order valence-electron chi connectivity index (χ2n) is 3.99. The molecule has 0 unspecified atom stereocenters. The Bertz CT molecular complexity index is 725. The van der Waals surface area contributed by atoms with Gasteiger partial charge in [0, 0.05) is 9.50 Å². The highest BCUT2D eigenvalue weighted by molar-refractivity contribution is 9.10. The molecule has 0 saturated heterocycles. The summed E-state index contributed by atoms with van der Waals surface area (Å²) >= 11 is 9.17. The first-order chi connectivity index (χ1) is 9.51. The van der Waals surface area contributed by atoms with Crippen LogP contribution in [0.25, 0.3) is 0 Å². The number of nitrogens with two attached hydrogens (primary N) is 1. The van der Waals surface area contributed by atoms with E-state index in [0.717, 1.165) is 0 Å². The quantitative estimate of drug-likeness (QED) is 0.808. The molecule has 3 N–H and O–H groups in total. The number of hydrogen-bond donors (Lipinski definition) is 2. The first kappa shape index (κ1) is 14.4. The number of hydrogen-bond acceptors (Lipinski definition) is 3. The molecule has 2 aromatic carbocycles. The molecule has 0 aliphatic carbocycles. The molecule has 100 valence electrons. The summed E-state index contributed by atoms with van der Waals surface area (Å²) in [5.74, 6) is -0.337. The van der Waals surface area contributed by atoms with Gasteiger partial charge in [0.15, 0.2) is 0 Å². The second kappa shape index (κ2) is 5.95. The van der Waals surface area contributed by atoms with Crippen molar-refractivity contribution in [2.24, 2.45) is 0 Å². The van der Waals surface area contributed by atoms with Gasteiger partial charge in [0.1, 0.15) is 0 Å². The lowest BCUT2D eigenvalue weighted by molar-refractivity contribution is 0.102. The lowest BCUT2D eigenvalue weighted by atomic mass is 10.1. The number of carbonyl (C=O) groups is 1. The van der Waals surface area contributed by atoms with Crippen LogP contribution in [-0.2, 0) is 0 Å². The third kappa shape index (κ3) is 3.10. The minimum atomic E-state index is -0.337. The fourth-order valence-electron chi connectivity index (χ4n) is 1.61. The van der Waals surface area contributed by atoms with Crippen molar-refractivity contribution in [1.29, 1.82) is 5.26 Å². The van der Waals surface area contributed by atoms with Gasteiger partial charge in [0.25, 0.3) is 5.91 Å². The standard InChI is InChI=1S/C14H9BrClN3O/c15-11-3-2-9(16)6-10(11)14(20)19-13-4-1-8(7-17)5-12(13)18/h1-6H,18H2,(H,19,20). The molecule has 0 aliphatic rings. The van der Waals surface area contributed by atoms with Gasteiger partial charge in [0.05, 0.1) is 28.6 Å². The molecule has 0 saturated carbocycles. The maximum Gasteiger partial charge on any atom is 0.256 e. The second-order valence-corrected chi connectivity index (χ2v) is 5.28. The molecule has 6 heteroatoms. The average molecular weight is 351 g/mol. The number of benzene rings is 2. The predicted molar refractivity (Wildman–Crippen MR) is 82.7 cm³/mol. The van der Waals surface area contributed by atoms with Crippen molar-refractivity contribution in [3.05, 3.63) is 57.0 Å². The van der Waals surface area contributed by atoms with Crippen LogP contribution in [0.1, 0.15) is 15.9 Å². The van der Waals surface area contributed by atoms with Crippen LogP contribution >= 0.6 is 27.5 Å². The van der Waals surface area contributed by atoms with Gasteiger partial charge in [-0.3, -0.25) is 4.79 Å². The summed E-state index contributed by atoms with van der Waals surface area (Å²) in [5, 5.41) is 11.9. The minimum Gasteiger partial charge on any atom is -0.397 e. The monoisotopic (exact) mass is 349 g/mol. The van der Waals surface area contributed by atoms with E-state index >= 15 is 0 Å². The molecular weight excluding hydrogens is 342 g/mol. The Labute approximate surface area is 129 Å². The first-order valence-corrected chi connectivity index (χ1v) is 6.74. The number of nitrogens with one attached hydrogen (secondary N) is 1. The van der Waals surface area contributed by atoms with Crippen LogP contribution in [0.2, 0.25) is 5.02 Å². The number of nitriles is 1. The molecule has 1 amide bonds. The number of nitrogen functional groups attached to an aromatic ring is 1. The van der Waals surface area contributed by atoms with Crippen LogP contribution in [0.4, 0.5) is 11.4 Å². The number of amides is 1. The number of rotatable bonds is 2. The molecular formula is C14H9BrClN3O. The predicted octanol–water partition coefficient (Wildman–Crippen LogP) is 3.81. The summed E-state index contributed by atoms with van der Waals surface area (Å²) in [6.07, 6.45) is 0. The Morgan fingerprint density at radius 1 is 1.30 bits per heavy atom. The summed E-state index contributed by atoms with van der Waals surface area (Å²) in [7, 11) is 0. The van der Waals surface area contributed by atoms with Crippen LogP contribution in [0, 0.1) is 11.3 Å². The molecule has 2 rings (SSSR count). The summed E-state index contributed by atoms with van der Waals surface area (Å²) in [4.78, 5) is 12.2. The van der Waals surface area contributed by atoms with Crippen molar-refractivity contribution in [2.45, 2.75) is 0 Å². The Morgan fingerprint density at radius 2 is 2.05 bits per heavy atom. The molecule has 0 aromatic heterocycles. The molecule has 0 aliphatic heterocycles. The van der Waals surface area contributed by atoms with Gasteiger partial charge in [0.2, 0.25) is 0 Å². The van der Waals surface area contributed by atoms with Crippen molar-refractivity contribution in [2.75, 3.05) is 11.1 Å². The lowest BCUT2D eigenvalue weighted by Gasteiger charge is -2.09. The van der Waals surface area contributed by atoms with Crippen molar-refractivity contribution in [3.8, 4) is 6.07 Å². The van der Waals surface area contributed by atoms with Gasteiger partial charge in [-0.1, -0.05) is 11.6 Å². The van der Waals surface area contributed by atoms with E-state index in [2.05, 4.69) is 21.2 Å². The summed E-state index contributed by atoms with van der Waals surface area (Å²) in [6.45, 7) is 0. The van der Waals surface area contributed by atoms with Gasteiger partial charge >= 0.3 is 0 Å². The number of nitrogens with zero attached hydrogens (tertiary/aromatic N) is 1. The fraction of sp³-hybridized carbons (Fsp3) is 0. The Balaban J connectivity index is 2.28. The number of carbonyl (C=O) groups excluding carboxylic acids is 1. The zero-order valence-electron chi connectivity index (χ0n) is 10.2. The fourth-order valence-corrected chi connectivity index (χ4v) is 2.21. The van der Waals surface area contributed by atoms with E-state index in [1.165, 1.54) is 6.07 Å². The maximum atomic E-state index is 12.2. The number of anilines is 2. The molecule has 2 aromatic rings. The van der Waals surface area contributed by atoms with E-state index < -0.39 is 0 Å². The van der Waals surface area contributed by atoms with E-state index in [-0.39, 0.29) is 5.91 Å². The Kier molecular flexibility index (Phi) is 4.28. The number of halogens is 2. The third-order valence-electron chi connectivity index (χ3n) is 2.60. The van der Waals surface area contributed by atoms with Crippen LogP contribution in [0.3, 0.4) is 0 Å². The molecule has 0 fully saturated rings. The van der Waals surface area contributed by atoms with Crippen molar-refractivity contribution in [1.82, 2.24) is 0 Å². The van der Waals surface area contributed by atoms with Gasteiger partial charge in [-0.2, -0.15) is 5.26 Å². The van der Waals surface area contributed by atoms with Crippen molar-refractivity contribution in [3.63, 3.8) is 0 Å². The molecule has 0 radical (unpaired) electrons. The van der Waals surface area contributed by atoms with E-state index in [4.69, 9.17) is 22.6 Å². The summed E-state index contributed by atoms with van der Waals surface area (Å²) in [5.41, 5.74) is 7.40. The summed E-state index contributed by atoms with van der Waals surface area (Å²) < 4.78 is 0.631. The van der Waals surface area contributed by atoms with E-state index in [9.17, 15) is 4.79 Å². The smallest absolute Gasteiger partial charge is 0.256 e. The van der Waals surface area contributed by atoms with E-state index in [1.54, 1.807) is 30.3 Å². The topological polar surface area (TPSA) is 78.9 Å². The largest absolute Gasteiger partial charge is 0.397 e. The van der Waals surface area contributed by atoms with Crippen molar-refractivity contribution >= 4 is 44.8 Å². The molecule has 0 atom stereocenters. The third-order valence-corrected chi connectivity index (χ3v) is 3.53. The van der Waals surface area contributed by atoms with Gasteiger partial charge < -0.3 is 11.1 Å². The molecule has 0 heterocycles. The van der Waals surface area contributed by atoms with Crippen LogP contribution in [-0.4, -0.2) is 5.91 Å². The first-order valence-electron chi connectivity index (χ1n) is 5.57. The minimum absolute atomic E-state index is 0.329. The normalized spacial score (nSPS) is 9.85. The highest BCUT2D eigenvalue weighted by atomic mass is 79.9. The highest BCUT2D eigenvalue weighted by Crippen LogP contribution is 2.24. The lowest BCUT2D eigenvalue weighted by Crippen LogP contribution is -2.14. The maximum absolute atomic E-state index is 12.2. The van der Waals surface area contributed by atoms with Crippen LogP contribution in [0.15, 0.2) is 40.9 Å². The Morgan fingerprint density at radius 3 is 2.70 bits per heavy atom. The van der Waals surface area contributed by atoms with Crippen LogP contribution < -0.4 is 11.1 Å².